The molecule has 2 rings (SSSR count). The van der Waals surface area contributed by atoms with Gasteiger partial charge in [-0.1, -0.05) is 13.8 Å². The maximum Gasteiger partial charge on any atom is 0.336 e. The van der Waals surface area contributed by atoms with Crippen molar-refractivity contribution in [3.8, 4) is 5.75 Å². The molecule has 0 aliphatic rings. The molecule has 130 valence electrons. The van der Waals surface area contributed by atoms with Crippen LogP contribution < -0.4 is 21.4 Å². The standard InChI is InChI=1S/C18H24N2O4/c1-12(2)9-18(3,11-19)20-16(21)10-23-14-6-4-13-5-7-17(22)24-15(13)8-14/h4-8,12H,9-11,19H2,1-3H3,(H,20,21). The second kappa shape index (κ2) is 7.49. The van der Waals surface area contributed by atoms with Gasteiger partial charge in [0.05, 0.1) is 0 Å². The van der Waals surface area contributed by atoms with Crippen LogP contribution in [0.25, 0.3) is 11.0 Å². The minimum atomic E-state index is -0.454. The van der Waals surface area contributed by atoms with Gasteiger partial charge < -0.3 is 20.2 Å². The molecule has 1 heterocycles. The van der Waals surface area contributed by atoms with E-state index in [9.17, 15) is 9.59 Å². The Labute approximate surface area is 141 Å². The molecule has 0 saturated heterocycles. The number of fused-ring (bicyclic) bond motifs is 1. The second-order valence-electron chi connectivity index (χ2n) is 6.65. The molecular formula is C18H24N2O4. The molecule has 2 aromatic rings. The number of nitrogens with two attached hydrogens (primary N) is 1. The molecule has 1 amide bonds. The molecule has 1 unspecified atom stereocenters. The van der Waals surface area contributed by atoms with Gasteiger partial charge in [-0.3, -0.25) is 4.79 Å². The lowest BCUT2D eigenvalue weighted by atomic mass is 9.91. The van der Waals surface area contributed by atoms with Crippen LogP contribution in [0.15, 0.2) is 39.5 Å². The van der Waals surface area contributed by atoms with E-state index in [1.165, 1.54) is 6.07 Å². The van der Waals surface area contributed by atoms with Crippen LogP contribution in [-0.2, 0) is 4.79 Å². The fraction of sp³-hybridized carbons (Fsp3) is 0.444. The molecule has 0 spiro atoms. The molecule has 24 heavy (non-hydrogen) atoms. The van der Waals surface area contributed by atoms with E-state index < -0.39 is 11.2 Å². The number of hydrogen-bond acceptors (Lipinski definition) is 5. The highest BCUT2D eigenvalue weighted by Crippen LogP contribution is 2.19. The van der Waals surface area contributed by atoms with Crippen LogP contribution in [0.2, 0.25) is 0 Å². The SMILES string of the molecule is CC(C)CC(C)(CN)NC(=O)COc1ccc2ccc(=O)oc2c1. The molecular weight excluding hydrogens is 308 g/mol. The zero-order chi connectivity index (χ0) is 17.7. The Balaban J connectivity index is 1.99. The summed E-state index contributed by atoms with van der Waals surface area (Å²) in [4.78, 5) is 23.4. The first-order chi connectivity index (χ1) is 11.3. The van der Waals surface area contributed by atoms with Crippen LogP contribution in [0, 0.1) is 5.92 Å². The quantitative estimate of drug-likeness (QED) is 0.757. The third-order valence-corrected chi connectivity index (χ3v) is 3.71. The van der Waals surface area contributed by atoms with E-state index in [4.69, 9.17) is 14.9 Å². The Morgan fingerprint density at radius 3 is 2.71 bits per heavy atom. The van der Waals surface area contributed by atoms with Crippen LogP contribution in [0.4, 0.5) is 0 Å². The molecule has 0 saturated carbocycles. The lowest BCUT2D eigenvalue weighted by Crippen LogP contribution is -2.53. The van der Waals surface area contributed by atoms with Crippen molar-refractivity contribution in [3.05, 3.63) is 40.8 Å². The summed E-state index contributed by atoms with van der Waals surface area (Å²) >= 11 is 0. The Morgan fingerprint density at radius 1 is 1.33 bits per heavy atom. The van der Waals surface area contributed by atoms with Gasteiger partial charge in [-0.15, -0.1) is 0 Å². The molecule has 6 nitrogen and oxygen atoms in total. The summed E-state index contributed by atoms with van der Waals surface area (Å²) < 4.78 is 10.6. The molecule has 1 aromatic carbocycles. The van der Waals surface area contributed by atoms with E-state index in [-0.39, 0.29) is 12.5 Å². The van der Waals surface area contributed by atoms with E-state index in [2.05, 4.69) is 19.2 Å². The average molecular weight is 332 g/mol. The summed E-state index contributed by atoms with van der Waals surface area (Å²) in [5.41, 5.74) is 5.33. The third kappa shape index (κ3) is 4.83. The maximum atomic E-state index is 12.1. The first-order valence-electron chi connectivity index (χ1n) is 7.99. The maximum absolute atomic E-state index is 12.1. The van der Waals surface area contributed by atoms with Gasteiger partial charge in [-0.2, -0.15) is 0 Å². The summed E-state index contributed by atoms with van der Waals surface area (Å²) in [7, 11) is 0. The van der Waals surface area contributed by atoms with Crippen molar-refractivity contribution in [2.75, 3.05) is 13.2 Å². The van der Waals surface area contributed by atoms with Crippen molar-refractivity contribution >= 4 is 16.9 Å². The number of nitrogens with one attached hydrogen (secondary N) is 1. The molecule has 0 radical (unpaired) electrons. The van der Waals surface area contributed by atoms with Crippen LogP contribution in [0.1, 0.15) is 27.2 Å². The number of amides is 1. The smallest absolute Gasteiger partial charge is 0.336 e. The van der Waals surface area contributed by atoms with Crippen LogP contribution in [0.5, 0.6) is 5.75 Å². The van der Waals surface area contributed by atoms with Crippen LogP contribution >= 0.6 is 0 Å². The zero-order valence-electron chi connectivity index (χ0n) is 14.3. The van der Waals surface area contributed by atoms with Crippen molar-refractivity contribution in [3.63, 3.8) is 0 Å². The second-order valence-corrected chi connectivity index (χ2v) is 6.65. The number of rotatable bonds is 7. The van der Waals surface area contributed by atoms with Crippen LogP contribution in [0.3, 0.4) is 0 Å². The number of hydrogen-bond donors (Lipinski definition) is 2. The minimum Gasteiger partial charge on any atom is -0.484 e. The van der Waals surface area contributed by atoms with E-state index in [0.717, 1.165) is 11.8 Å². The first kappa shape index (κ1) is 18.0. The summed E-state index contributed by atoms with van der Waals surface area (Å²) in [6.45, 7) is 6.32. The largest absolute Gasteiger partial charge is 0.484 e. The fourth-order valence-corrected chi connectivity index (χ4v) is 2.74. The summed E-state index contributed by atoms with van der Waals surface area (Å²) in [6, 6.07) is 8.13. The van der Waals surface area contributed by atoms with Crippen molar-refractivity contribution in [2.24, 2.45) is 11.7 Å². The van der Waals surface area contributed by atoms with Gasteiger partial charge in [-0.25, -0.2) is 4.79 Å². The number of carbonyl (C=O) groups is 1. The average Bonchev–Trinajstić information content (AvgIpc) is 2.51. The number of carbonyl (C=O) groups excluding carboxylic acids is 1. The molecule has 1 aromatic heterocycles. The highest BCUT2D eigenvalue weighted by atomic mass is 16.5. The molecule has 0 aliphatic carbocycles. The van der Waals surface area contributed by atoms with Gasteiger partial charge in [0.25, 0.3) is 5.91 Å². The van der Waals surface area contributed by atoms with Gasteiger partial charge in [0.2, 0.25) is 0 Å². The monoisotopic (exact) mass is 332 g/mol. The number of benzene rings is 1. The van der Waals surface area contributed by atoms with E-state index >= 15 is 0 Å². The molecule has 0 bridgehead atoms. The molecule has 0 fully saturated rings. The Kier molecular flexibility index (Phi) is 5.62. The Bertz CT molecular complexity index is 769. The van der Waals surface area contributed by atoms with Crippen molar-refractivity contribution in [1.82, 2.24) is 5.32 Å². The van der Waals surface area contributed by atoms with Gasteiger partial charge in [-0.05, 0) is 37.5 Å². The minimum absolute atomic E-state index is 0.129. The normalized spacial score (nSPS) is 13.7. The van der Waals surface area contributed by atoms with E-state index in [1.54, 1.807) is 24.3 Å². The van der Waals surface area contributed by atoms with Crippen molar-refractivity contribution < 1.29 is 13.9 Å². The van der Waals surface area contributed by atoms with Crippen LogP contribution in [-0.4, -0.2) is 24.6 Å². The zero-order valence-corrected chi connectivity index (χ0v) is 14.3. The van der Waals surface area contributed by atoms with Crippen molar-refractivity contribution in [1.29, 1.82) is 0 Å². The predicted octanol–water partition coefficient (Wildman–Crippen LogP) is 2.05. The Hall–Kier alpha value is -2.34. The molecule has 1 atom stereocenters. The van der Waals surface area contributed by atoms with Gasteiger partial charge in [0.15, 0.2) is 6.61 Å². The lowest BCUT2D eigenvalue weighted by Gasteiger charge is -2.31. The fourth-order valence-electron chi connectivity index (χ4n) is 2.74. The molecule has 3 N–H and O–H groups in total. The van der Waals surface area contributed by atoms with E-state index in [1.807, 2.05) is 6.92 Å². The topological polar surface area (TPSA) is 94.6 Å². The summed E-state index contributed by atoms with van der Waals surface area (Å²) in [5, 5.41) is 3.72. The van der Waals surface area contributed by atoms with E-state index in [0.29, 0.717) is 23.8 Å². The summed E-state index contributed by atoms with van der Waals surface area (Å²) in [6.07, 6.45) is 0.788. The van der Waals surface area contributed by atoms with Gasteiger partial charge >= 0.3 is 5.63 Å². The summed E-state index contributed by atoms with van der Waals surface area (Å²) in [5.74, 6) is 0.645. The highest BCUT2D eigenvalue weighted by Gasteiger charge is 2.25. The third-order valence-electron chi connectivity index (χ3n) is 3.71. The predicted molar refractivity (Wildman–Crippen MR) is 93.0 cm³/mol. The first-order valence-corrected chi connectivity index (χ1v) is 7.99. The highest BCUT2D eigenvalue weighted by molar-refractivity contribution is 5.79. The number of ether oxygens (including phenoxy) is 1. The van der Waals surface area contributed by atoms with Gasteiger partial charge in [0, 0.05) is 29.6 Å². The molecule has 0 aliphatic heterocycles. The van der Waals surface area contributed by atoms with Gasteiger partial charge in [0.1, 0.15) is 11.3 Å². The molecule has 6 heteroatoms. The Morgan fingerprint density at radius 2 is 2.04 bits per heavy atom. The van der Waals surface area contributed by atoms with Crippen molar-refractivity contribution in [2.45, 2.75) is 32.7 Å². The lowest BCUT2D eigenvalue weighted by molar-refractivity contribution is -0.125.